The van der Waals surface area contributed by atoms with E-state index in [1.54, 1.807) is 18.9 Å². The number of amides is 1. The first-order valence-electron chi connectivity index (χ1n) is 11.2. The molecule has 1 N–H and O–H groups in total. The Bertz CT molecular complexity index is 1290. The number of anilines is 2. The molecule has 0 radical (unpaired) electrons. The van der Waals surface area contributed by atoms with Crippen molar-refractivity contribution in [2.45, 2.75) is 44.6 Å². The molecule has 178 valence electrons. The molecule has 0 bridgehead atoms. The zero-order chi connectivity index (χ0) is 24.2. The van der Waals surface area contributed by atoms with Crippen molar-refractivity contribution in [3.05, 3.63) is 58.5 Å². The van der Waals surface area contributed by atoms with E-state index in [0.717, 1.165) is 28.1 Å². The fourth-order valence-corrected chi connectivity index (χ4v) is 5.19. The Morgan fingerprint density at radius 1 is 1.12 bits per heavy atom. The summed E-state index contributed by atoms with van der Waals surface area (Å²) in [5.41, 5.74) is 1.33. The van der Waals surface area contributed by atoms with Gasteiger partial charge in [-0.15, -0.1) is 5.10 Å². The van der Waals surface area contributed by atoms with Crippen molar-refractivity contribution in [1.82, 2.24) is 10.2 Å². The number of nitrogens with one attached hydrogen (secondary N) is 1. The molecular formula is C25H25F3N4O2. The Hall–Kier alpha value is -3.20. The highest BCUT2D eigenvalue weighted by Crippen LogP contribution is 2.49. The van der Waals surface area contributed by atoms with Gasteiger partial charge in [-0.05, 0) is 44.4 Å². The largest absolute Gasteiger partial charge is 0.381 e. The van der Waals surface area contributed by atoms with Crippen molar-refractivity contribution < 1.29 is 22.7 Å². The van der Waals surface area contributed by atoms with Crippen LogP contribution in [0.25, 0.3) is 10.8 Å². The molecule has 5 rings (SSSR count). The summed E-state index contributed by atoms with van der Waals surface area (Å²) in [7, 11) is 1.76. The van der Waals surface area contributed by atoms with Crippen molar-refractivity contribution in [2.24, 2.45) is 0 Å². The number of hydrogen-bond acceptors (Lipinski definition) is 5. The highest BCUT2D eigenvalue weighted by Gasteiger charge is 2.50. The normalized spacial score (nSPS) is 18.1. The lowest BCUT2D eigenvalue weighted by molar-refractivity contribution is -0.126. The summed E-state index contributed by atoms with van der Waals surface area (Å²) in [6, 6.07) is 7.25. The molecule has 1 atom stereocenters. The summed E-state index contributed by atoms with van der Waals surface area (Å²) in [4.78, 5) is 15.0. The molecule has 6 nitrogen and oxygen atoms in total. The van der Waals surface area contributed by atoms with Crippen LogP contribution in [-0.2, 0) is 14.9 Å². The van der Waals surface area contributed by atoms with Crippen LogP contribution < -0.4 is 10.2 Å². The number of ether oxygens (including phenoxy) is 1. The number of aryl methyl sites for hydroxylation is 1. The average molecular weight is 470 g/mol. The van der Waals surface area contributed by atoms with Crippen LogP contribution in [0, 0.1) is 12.7 Å². The van der Waals surface area contributed by atoms with Crippen molar-refractivity contribution in [1.29, 1.82) is 0 Å². The average Bonchev–Trinajstić information content (AvgIpc) is 3.02. The Kier molecular flexibility index (Phi) is 5.47. The van der Waals surface area contributed by atoms with E-state index in [1.807, 2.05) is 19.1 Å². The third kappa shape index (κ3) is 3.33. The zero-order valence-corrected chi connectivity index (χ0v) is 19.2. The third-order valence-corrected chi connectivity index (χ3v) is 7.13. The number of fused-ring (bicyclic) bond motifs is 3. The summed E-state index contributed by atoms with van der Waals surface area (Å²) < 4.78 is 46.6. The van der Waals surface area contributed by atoms with Gasteiger partial charge >= 0.3 is 0 Å². The fraction of sp³-hybridized carbons (Fsp3) is 0.400. The molecule has 0 saturated carbocycles. The fourth-order valence-electron chi connectivity index (χ4n) is 5.19. The topological polar surface area (TPSA) is 67.4 Å². The Morgan fingerprint density at radius 2 is 1.82 bits per heavy atom. The number of hydrogen-bond donors (Lipinski definition) is 1. The minimum absolute atomic E-state index is 0.0495. The molecule has 2 aromatic carbocycles. The standard InChI is InChI=1S/C25H25F3N4O2/c1-13(15-5-4-6-16(21(15)26)22(27)28)29-23-18-12-20-19(11-17(18)14(2)30-31-23)25(24(33)32(20)3)7-9-34-10-8-25/h4-6,11-13,22H,7-10H2,1-3H3,(H,29,31). The summed E-state index contributed by atoms with van der Waals surface area (Å²) in [5.74, 6) is -0.491. The SMILES string of the molecule is Cc1nnc(NC(C)c2cccc(C(F)F)c2F)c2cc3c(cc12)C1(CCOCC1)C(=O)N3C. The predicted octanol–water partition coefficient (Wildman–Crippen LogP) is 5.21. The number of rotatable bonds is 4. The summed E-state index contributed by atoms with van der Waals surface area (Å²) >= 11 is 0. The van der Waals surface area contributed by atoms with E-state index in [2.05, 4.69) is 15.5 Å². The first-order valence-corrected chi connectivity index (χ1v) is 11.2. The molecule has 1 fully saturated rings. The number of alkyl halides is 2. The number of benzene rings is 2. The number of nitrogens with zero attached hydrogens (tertiary/aromatic N) is 3. The van der Waals surface area contributed by atoms with Gasteiger partial charge in [0.25, 0.3) is 6.43 Å². The van der Waals surface area contributed by atoms with Gasteiger partial charge in [0.2, 0.25) is 5.91 Å². The summed E-state index contributed by atoms with van der Waals surface area (Å²) in [5, 5.41) is 13.3. The molecule has 2 aliphatic rings. The molecule has 1 saturated heterocycles. The Labute approximate surface area is 195 Å². The molecule has 2 aliphatic heterocycles. The molecule has 0 aliphatic carbocycles. The van der Waals surface area contributed by atoms with Crippen LogP contribution in [0.2, 0.25) is 0 Å². The van der Waals surface area contributed by atoms with Crippen molar-refractivity contribution in [3.63, 3.8) is 0 Å². The molecule has 1 amide bonds. The number of halogens is 3. The molecular weight excluding hydrogens is 445 g/mol. The quantitative estimate of drug-likeness (QED) is 0.567. The van der Waals surface area contributed by atoms with Crippen LogP contribution in [0.5, 0.6) is 0 Å². The Morgan fingerprint density at radius 3 is 2.53 bits per heavy atom. The van der Waals surface area contributed by atoms with E-state index < -0.39 is 29.3 Å². The van der Waals surface area contributed by atoms with Gasteiger partial charge in [0.15, 0.2) is 5.82 Å². The van der Waals surface area contributed by atoms with Gasteiger partial charge in [0.05, 0.1) is 22.7 Å². The van der Waals surface area contributed by atoms with Gasteiger partial charge in [-0.3, -0.25) is 4.79 Å². The second-order valence-corrected chi connectivity index (χ2v) is 9.02. The number of carbonyl (C=O) groups is 1. The maximum Gasteiger partial charge on any atom is 0.266 e. The van der Waals surface area contributed by atoms with Crippen LogP contribution in [0.15, 0.2) is 30.3 Å². The van der Waals surface area contributed by atoms with Crippen LogP contribution in [-0.4, -0.2) is 36.4 Å². The lowest BCUT2D eigenvalue weighted by Gasteiger charge is -2.32. The highest BCUT2D eigenvalue weighted by atomic mass is 19.3. The minimum Gasteiger partial charge on any atom is -0.381 e. The van der Waals surface area contributed by atoms with Crippen LogP contribution in [0.4, 0.5) is 24.7 Å². The van der Waals surface area contributed by atoms with E-state index in [9.17, 15) is 18.0 Å². The number of aromatic nitrogens is 2. The lowest BCUT2D eigenvalue weighted by atomic mass is 9.74. The first kappa shape index (κ1) is 22.6. The second-order valence-electron chi connectivity index (χ2n) is 9.02. The molecule has 1 spiro atoms. The number of carbonyl (C=O) groups excluding carboxylic acids is 1. The van der Waals surface area contributed by atoms with Crippen molar-refractivity contribution >= 4 is 28.2 Å². The highest BCUT2D eigenvalue weighted by molar-refractivity contribution is 6.11. The third-order valence-electron chi connectivity index (χ3n) is 7.13. The molecule has 1 aromatic heterocycles. The van der Waals surface area contributed by atoms with Gasteiger partial charge in [-0.2, -0.15) is 5.10 Å². The maximum absolute atomic E-state index is 14.7. The van der Waals surface area contributed by atoms with Gasteiger partial charge in [0, 0.05) is 42.3 Å². The van der Waals surface area contributed by atoms with E-state index in [0.29, 0.717) is 37.6 Å². The van der Waals surface area contributed by atoms with Crippen molar-refractivity contribution in [2.75, 3.05) is 30.5 Å². The van der Waals surface area contributed by atoms with Crippen LogP contribution in [0.3, 0.4) is 0 Å². The first-order chi connectivity index (χ1) is 16.2. The van der Waals surface area contributed by atoms with E-state index in [1.165, 1.54) is 12.1 Å². The minimum atomic E-state index is -2.90. The Balaban J connectivity index is 1.59. The predicted molar refractivity (Wildman–Crippen MR) is 123 cm³/mol. The smallest absolute Gasteiger partial charge is 0.266 e. The van der Waals surface area contributed by atoms with Gasteiger partial charge in [0.1, 0.15) is 5.82 Å². The molecule has 34 heavy (non-hydrogen) atoms. The van der Waals surface area contributed by atoms with Crippen molar-refractivity contribution in [3.8, 4) is 0 Å². The van der Waals surface area contributed by atoms with E-state index in [4.69, 9.17) is 4.74 Å². The van der Waals surface area contributed by atoms with Gasteiger partial charge in [-0.25, -0.2) is 13.2 Å². The van der Waals surface area contributed by atoms with Gasteiger partial charge in [-0.1, -0.05) is 18.2 Å². The van der Waals surface area contributed by atoms with Crippen LogP contribution >= 0.6 is 0 Å². The molecule has 3 aromatic rings. The van der Waals surface area contributed by atoms with E-state index >= 15 is 0 Å². The zero-order valence-electron chi connectivity index (χ0n) is 19.2. The van der Waals surface area contributed by atoms with Crippen LogP contribution in [0.1, 0.15) is 54.6 Å². The monoisotopic (exact) mass is 470 g/mol. The lowest BCUT2D eigenvalue weighted by Crippen LogP contribution is -2.42. The molecule has 1 unspecified atom stereocenters. The summed E-state index contributed by atoms with van der Waals surface area (Å²) in [6.45, 7) is 4.58. The second kappa shape index (κ2) is 8.23. The maximum atomic E-state index is 14.7. The van der Waals surface area contributed by atoms with E-state index in [-0.39, 0.29) is 11.5 Å². The molecule has 3 heterocycles. The summed E-state index contributed by atoms with van der Waals surface area (Å²) in [6.07, 6.45) is -1.66. The molecule has 9 heteroatoms. The number of likely N-dealkylation sites (N-methyl/N-ethyl adjacent to an activating group) is 1. The van der Waals surface area contributed by atoms with Gasteiger partial charge < -0.3 is 15.0 Å².